The maximum Gasteiger partial charge on any atom is 0.337 e. The average molecular weight is 265 g/mol. The van der Waals surface area contributed by atoms with Gasteiger partial charge in [-0.3, -0.25) is 9.78 Å². The Bertz CT molecular complexity index is 418. The molecule has 0 radical (unpaired) electrons. The van der Waals surface area contributed by atoms with Crippen LogP contribution in [0.5, 0.6) is 0 Å². The van der Waals surface area contributed by atoms with Crippen LogP contribution in [0.15, 0.2) is 18.3 Å². The number of pyridine rings is 1. The van der Waals surface area contributed by atoms with Crippen LogP contribution in [0.2, 0.25) is 0 Å². The molecule has 0 unspecified atom stereocenters. The molecule has 0 saturated carbocycles. The van der Waals surface area contributed by atoms with Crippen LogP contribution < -0.4 is 10.6 Å². The summed E-state index contributed by atoms with van der Waals surface area (Å²) in [7, 11) is 0. The first kappa shape index (κ1) is 15.1. The molecule has 0 saturated heterocycles. The summed E-state index contributed by atoms with van der Waals surface area (Å²) < 4.78 is 0. The van der Waals surface area contributed by atoms with Gasteiger partial charge in [0.2, 0.25) is 5.91 Å². The first-order valence-electron chi connectivity index (χ1n) is 6.29. The van der Waals surface area contributed by atoms with E-state index in [1.165, 1.54) is 12.3 Å². The van der Waals surface area contributed by atoms with Crippen LogP contribution in [0.3, 0.4) is 0 Å². The van der Waals surface area contributed by atoms with E-state index in [0.29, 0.717) is 26.1 Å². The molecule has 6 nitrogen and oxygen atoms in total. The number of rotatable bonds is 8. The molecule has 0 aliphatic carbocycles. The number of amides is 1. The molecule has 1 rings (SSSR count). The van der Waals surface area contributed by atoms with Crippen LogP contribution in [-0.4, -0.2) is 35.1 Å². The number of hydrogen-bond acceptors (Lipinski definition) is 4. The molecule has 104 valence electrons. The smallest absolute Gasteiger partial charge is 0.337 e. The first-order valence-corrected chi connectivity index (χ1v) is 6.29. The number of carboxylic acid groups (broad SMARTS) is 1. The van der Waals surface area contributed by atoms with Crippen molar-refractivity contribution < 1.29 is 14.7 Å². The fraction of sp³-hybridized carbons (Fsp3) is 0.462. The number of carbonyl (C=O) groups excluding carboxylic acids is 1. The van der Waals surface area contributed by atoms with Crippen molar-refractivity contribution in [2.45, 2.75) is 26.3 Å². The van der Waals surface area contributed by atoms with Crippen molar-refractivity contribution in [3.8, 4) is 0 Å². The lowest BCUT2D eigenvalue weighted by Crippen LogP contribution is -2.28. The van der Waals surface area contributed by atoms with Gasteiger partial charge < -0.3 is 15.7 Å². The standard InChI is InChI=1S/C13H19N3O3/c1-2-6-15-12(17)5-7-14-9-11-4-3-10(8-16-11)13(18)19/h3-4,8,14H,2,5-7,9H2,1H3,(H,15,17)(H,18,19). The fourth-order valence-electron chi connectivity index (χ4n) is 1.43. The Kier molecular flexibility index (Phi) is 6.52. The maximum atomic E-state index is 11.3. The molecule has 0 bridgehead atoms. The summed E-state index contributed by atoms with van der Waals surface area (Å²) in [5.41, 5.74) is 0.918. The Morgan fingerprint density at radius 1 is 1.32 bits per heavy atom. The molecule has 1 aromatic heterocycles. The van der Waals surface area contributed by atoms with E-state index in [9.17, 15) is 9.59 Å². The molecular formula is C13H19N3O3. The van der Waals surface area contributed by atoms with E-state index < -0.39 is 5.97 Å². The monoisotopic (exact) mass is 265 g/mol. The number of aromatic carboxylic acids is 1. The van der Waals surface area contributed by atoms with Gasteiger partial charge in [-0.25, -0.2) is 4.79 Å². The van der Waals surface area contributed by atoms with E-state index in [1.54, 1.807) is 6.07 Å². The zero-order chi connectivity index (χ0) is 14.1. The van der Waals surface area contributed by atoms with E-state index >= 15 is 0 Å². The quantitative estimate of drug-likeness (QED) is 0.604. The molecule has 1 amide bonds. The highest BCUT2D eigenvalue weighted by Crippen LogP contribution is 1.99. The van der Waals surface area contributed by atoms with Crippen LogP contribution >= 0.6 is 0 Å². The van der Waals surface area contributed by atoms with Crippen molar-refractivity contribution >= 4 is 11.9 Å². The van der Waals surface area contributed by atoms with Crippen LogP contribution in [0.1, 0.15) is 35.8 Å². The molecule has 0 spiro atoms. The third-order valence-corrected chi connectivity index (χ3v) is 2.48. The molecular weight excluding hydrogens is 246 g/mol. The summed E-state index contributed by atoms with van der Waals surface area (Å²) in [6, 6.07) is 3.17. The van der Waals surface area contributed by atoms with Crippen molar-refractivity contribution in [2.75, 3.05) is 13.1 Å². The van der Waals surface area contributed by atoms with Gasteiger partial charge in [0, 0.05) is 32.3 Å². The van der Waals surface area contributed by atoms with E-state index in [4.69, 9.17) is 5.11 Å². The largest absolute Gasteiger partial charge is 0.478 e. The van der Waals surface area contributed by atoms with E-state index in [2.05, 4.69) is 15.6 Å². The van der Waals surface area contributed by atoms with Crippen LogP contribution in [0.4, 0.5) is 0 Å². The second-order valence-electron chi connectivity index (χ2n) is 4.12. The van der Waals surface area contributed by atoms with Gasteiger partial charge in [-0.15, -0.1) is 0 Å². The topological polar surface area (TPSA) is 91.3 Å². The molecule has 0 fully saturated rings. The Morgan fingerprint density at radius 2 is 2.11 bits per heavy atom. The molecule has 6 heteroatoms. The number of carbonyl (C=O) groups is 2. The van der Waals surface area contributed by atoms with Crippen molar-refractivity contribution in [2.24, 2.45) is 0 Å². The summed E-state index contributed by atoms with van der Waals surface area (Å²) in [5, 5.41) is 14.6. The minimum Gasteiger partial charge on any atom is -0.478 e. The number of aromatic nitrogens is 1. The highest BCUT2D eigenvalue weighted by atomic mass is 16.4. The Labute approximate surface area is 112 Å². The lowest BCUT2D eigenvalue weighted by Gasteiger charge is -2.05. The van der Waals surface area contributed by atoms with E-state index in [0.717, 1.165) is 12.1 Å². The third kappa shape index (κ3) is 5.96. The summed E-state index contributed by atoms with van der Waals surface area (Å²) >= 11 is 0. The Morgan fingerprint density at radius 3 is 2.68 bits per heavy atom. The van der Waals surface area contributed by atoms with Gasteiger partial charge in [0.05, 0.1) is 11.3 Å². The second kappa shape index (κ2) is 8.20. The zero-order valence-corrected chi connectivity index (χ0v) is 11.0. The SMILES string of the molecule is CCCNC(=O)CCNCc1ccc(C(=O)O)cn1. The molecule has 0 atom stereocenters. The third-order valence-electron chi connectivity index (χ3n) is 2.48. The minimum absolute atomic E-state index is 0.0311. The molecule has 19 heavy (non-hydrogen) atoms. The normalized spacial score (nSPS) is 10.2. The van der Waals surface area contributed by atoms with Gasteiger partial charge in [-0.1, -0.05) is 6.92 Å². The number of nitrogens with one attached hydrogen (secondary N) is 2. The molecule has 0 aliphatic rings. The number of carboxylic acids is 1. The Hall–Kier alpha value is -1.95. The van der Waals surface area contributed by atoms with Crippen molar-refractivity contribution in [1.29, 1.82) is 0 Å². The number of hydrogen-bond donors (Lipinski definition) is 3. The predicted octanol–water partition coefficient (Wildman–Crippen LogP) is 0.786. The van der Waals surface area contributed by atoms with Gasteiger partial charge in [-0.2, -0.15) is 0 Å². The second-order valence-corrected chi connectivity index (χ2v) is 4.12. The van der Waals surface area contributed by atoms with Crippen molar-refractivity contribution in [3.63, 3.8) is 0 Å². The maximum absolute atomic E-state index is 11.3. The Balaban J connectivity index is 2.22. The van der Waals surface area contributed by atoms with E-state index in [-0.39, 0.29) is 11.5 Å². The number of nitrogens with zero attached hydrogens (tertiary/aromatic N) is 1. The highest BCUT2D eigenvalue weighted by Gasteiger charge is 2.03. The predicted molar refractivity (Wildman–Crippen MR) is 70.8 cm³/mol. The summed E-state index contributed by atoms with van der Waals surface area (Å²) in [5.74, 6) is -0.955. The molecule has 0 aliphatic heterocycles. The molecule has 0 aromatic carbocycles. The zero-order valence-electron chi connectivity index (χ0n) is 11.0. The molecule has 3 N–H and O–H groups in total. The summed E-state index contributed by atoms with van der Waals surface area (Å²) in [6.07, 6.45) is 2.68. The molecule has 1 heterocycles. The van der Waals surface area contributed by atoms with Gasteiger partial charge in [0.25, 0.3) is 0 Å². The van der Waals surface area contributed by atoms with Crippen molar-refractivity contribution in [1.82, 2.24) is 15.6 Å². The first-order chi connectivity index (χ1) is 9.13. The fourth-order valence-corrected chi connectivity index (χ4v) is 1.43. The van der Waals surface area contributed by atoms with E-state index in [1.807, 2.05) is 6.92 Å². The van der Waals surface area contributed by atoms with Gasteiger partial charge in [-0.05, 0) is 18.6 Å². The molecule has 1 aromatic rings. The minimum atomic E-state index is -0.986. The van der Waals surface area contributed by atoms with Crippen LogP contribution in [0.25, 0.3) is 0 Å². The average Bonchev–Trinajstić information content (AvgIpc) is 2.41. The van der Waals surface area contributed by atoms with Gasteiger partial charge >= 0.3 is 5.97 Å². The van der Waals surface area contributed by atoms with Crippen LogP contribution in [0, 0.1) is 0 Å². The lowest BCUT2D eigenvalue weighted by atomic mass is 10.2. The van der Waals surface area contributed by atoms with Gasteiger partial charge in [0.15, 0.2) is 0 Å². The summed E-state index contributed by atoms with van der Waals surface area (Å²) in [6.45, 7) is 3.79. The summed E-state index contributed by atoms with van der Waals surface area (Å²) in [4.78, 5) is 26.0. The van der Waals surface area contributed by atoms with Gasteiger partial charge in [0.1, 0.15) is 0 Å². The lowest BCUT2D eigenvalue weighted by molar-refractivity contribution is -0.121. The van der Waals surface area contributed by atoms with Crippen molar-refractivity contribution in [3.05, 3.63) is 29.6 Å². The highest BCUT2D eigenvalue weighted by molar-refractivity contribution is 5.87. The van der Waals surface area contributed by atoms with Crippen LogP contribution in [-0.2, 0) is 11.3 Å².